The van der Waals surface area contributed by atoms with Crippen LogP contribution < -0.4 is 0 Å². The Balaban J connectivity index is 2.23. The van der Waals surface area contributed by atoms with Crippen molar-refractivity contribution in [3.8, 4) is 0 Å². The van der Waals surface area contributed by atoms with Gasteiger partial charge in [0.15, 0.2) is 0 Å². The normalized spacial score (nSPS) is 30.5. The molecule has 1 heterocycles. The van der Waals surface area contributed by atoms with Crippen molar-refractivity contribution >= 4 is 0 Å². The van der Waals surface area contributed by atoms with Crippen molar-refractivity contribution in [1.29, 1.82) is 0 Å². The lowest BCUT2D eigenvalue weighted by Gasteiger charge is -2.24. The second kappa shape index (κ2) is 4.24. The van der Waals surface area contributed by atoms with Crippen LogP contribution in [0, 0.1) is 0 Å². The second-order valence-electron chi connectivity index (χ2n) is 4.18. The van der Waals surface area contributed by atoms with Crippen LogP contribution in [-0.4, -0.2) is 36.7 Å². The van der Waals surface area contributed by atoms with Crippen molar-refractivity contribution in [2.24, 2.45) is 0 Å². The first-order valence-electron chi connectivity index (χ1n) is 4.95. The van der Waals surface area contributed by atoms with E-state index < -0.39 is 0 Å². The van der Waals surface area contributed by atoms with Gasteiger partial charge >= 0.3 is 0 Å². The first-order chi connectivity index (χ1) is 5.59. The lowest BCUT2D eigenvalue weighted by atomic mass is 10.2. The predicted molar refractivity (Wildman–Crippen MR) is 51.3 cm³/mol. The number of ether oxygens (including phenoxy) is 1. The molecule has 0 N–H and O–H groups in total. The summed E-state index contributed by atoms with van der Waals surface area (Å²) in [5, 5.41) is 0. The maximum atomic E-state index is 5.74. The van der Waals surface area contributed by atoms with Crippen molar-refractivity contribution in [3.05, 3.63) is 0 Å². The van der Waals surface area contributed by atoms with Crippen LogP contribution in [0.25, 0.3) is 0 Å². The second-order valence-corrected chi connectivity index (χ2v) is 4.18. The maximum Gasteiger partial charge on any atom is 0.0706 e. The SMILES string of the molecule is CC1CCC(CN(C)C(C)C)O1. The summed E-state index contributed by atoms with van der Waals surface area (Å²) in [5.74, 6) is 0. The van der Waals surface area contributed by atoms with E-state index in [1.165, 1.54) is 12.8 Å². The Hall–Kier alpha value is -0.0800. The van der Waals surface area contributed by atoms with Crippen LogP contribution in [-0.2, 0) is 4.74 Å². The third kappa shape index (κ3) is 2.76. The van der Waals surface area contributed by atoms with Crippen LogP contribution in [0.2, 0.25) is 0 Å². The number of nitrogens with zero attached hydrogens (tertiary/aromatic N) is 1. The maximum absolute atomic E-state index is 5.74. The molecule has 0 aromatic carbocycles. The fraction of sp³-hybridized carbons (Fsp3) is 1.00. The highest BCUT2D eigenvalue weighted by atomic mass is 16.5. The number of hydrogen-bond donors (Lipinski definition) is 0. The van der Waals surface area contributed by atoms with Crippen molar-refractivity contribution in [2.75, 3.05) is 13.6 Å². The molecule has 2 unspecified atom stereocenters. The van der Waals surface area contributed by atoms with Crippen molar-refractivity contribution < 1.29 is 4.74 Å². The highest BCUT2D eigenvalue weighted by molar-refractivity contribution is 4.74. The molecule has 0 radical (unpaired) electrons. The Labute approximate surface area is 75.9 Å². The smallest absolute Gasteiger partial charge is 0.0706 e. The van der Waals surface area contributed by atoms with Crippen LogP contribution in [0.1, 0.15) is 33.6 Å². The van der Waals surface area contributed by atoms with E-state index >= 15 is 0 Å². The summed E-state index contributed by atoms with van der Waals surface area (Å²) >= 11 is 0. The molecule has 1 fully saturated rings. The van der Waals surface area contributed by atoms with Gasteiger partial charge in [-0.3, -0.25) is 0 Å². The minimum Gasteiger partial charge on any atom is -0.374 e. The fourth-order valence-corrected chi connectivity index (χ4v) is 1.55. The van der Waals surface area contributed by atoms with Crippen molar-refractivity contribution in [3.63, 3.8) is 0 Å². The van der Waals surface area contributed by atoms with Gasteiger partial charge in [-0.25, -0.2) is 0 Å². The zero-order chi connectivity index (χ0) is 9.14. The quantitative estimate of drug-likeness (QED) is 0.643. The summed E-state index contributed by atoms with van der Waals surface area (Å²) in [4.78, 5) is 2.35. The Kier molecular flexibility index (Phi) is 3.53. The van der Waals surface area contributed by atoms with Crippen LogP contribution in [0.15, 0.2) is 0 Å². The molecule has 0 aliphatic carbocycles. The topological polar surface area (TPSA) is 12.5 Å². The molecule has 0 aromatic heterocycles. The third-order valence-corrected chi connectivity index (χ3v) is 2.69. The van der Waals surface area contributed by atoms with Gasteiger partial charge in [0.25, 0.3) is 0 Å². The minimum absolute atomic E-state index is 0.479. The van der Waals surface area contributed by atoms with E-state index in [0.29, 0.717) is 18.2 Å². The van der Waals surface area contributed by atoms with E-state index in [4.69, 9.17) is 4.74 Å². The van der Waals surface area contributed by atoms with Gasteiger partial charge in [-0.1, -0.05) is 0 Å². The summed E-state index contributed by atoms with van der Waals surface area (Å²) in [5.41, 5.74) is 0. The van der Waals surface area contributed by atoms with E-state index in [0.717, 1.165) is 6.54 Å². The lowest BCUT2D eigenvalue weighted by Crippen LogP contribution is -2.34. The molecule has 0 bridgehead atoms. The monoisotopic (exact) mass is 171 g/mol. The standard InChI is InChI=1S/C10H21NO/c1-8(2)11(4)7-10-6-5-9(3)12-10/h8-10H,5-7H2,1-4H3. The van der Waals surface area contributed by atoms with Crippen LogP contribution in [0.4, 0.5) is 0 Å². The predicted octanol–water partition coefficient (Wildman–Crippen LogP) is 1.89. The molecule has 0 aromatic rings. The summed E-state index contributed by atoms with van der Waals surface area (Å²) in [6, 6.07) is 0.629. The Morgan fingerprint density at radius 2 is 2.08 bits per heavy atom. The van der Waals surface area contributed by atoms with Gasteiger partial charge in [-0.05, 0) is 40.7 Å². The fourth-order valence-electron chi connectivity index (χ4n) is 1.55. The van der Waals surface area contributed by atoms with E-state index in [1.54, 1.807) is 0 Å². The van der Waals surface area contributed by atoms with Crippen molar-refractivity contribution in [1.82, 2.24) is 4.90 Å². The van der Waals surface area contributed by atoms with Gasteiger partial charge < -0.3 is 9.64 Å². The molecule has 2 atom stereocenters. The molecule has 1 saturated heterocycles. The lowest BCUT2D eigenvalue weighted by molar-refractivity contribution is 0.0312. The highest BCUT2D eigenvalue weighted by Gasteiger charge is 2.23. The molecule has 72 valence electrons. The van der Waals surface area contributed by atoms with Crippen molar-refractivity contribution in [2.45, 2.75) is 51.9 Å². The van der Waals surface area contributed by atoms with E-state index in [2.05, 4.69) is 32.7 Å². The van der Waals surface area contributed by atoms with E-state index in [9.17, 15) is 0 Å². The summed E-state index contributed by atoms with van der Waals surface area (Å²) < 4.78 is 5.74. The minimum atomic E-state index is 0.479. The molecule has 1 aliphatic heterocycles. The summed E-state index contributed by atoms with van der Waals surface area (Å²) in [6.45, 7) is 7.69. The number of rotatable bonds is 3. The molecule has 12 heavy (non-hydrogen) atoms. The summed E-state index contributed by atoms with van der Waals surface area (Å²) in [7, 11) is 2.16. The molecular formula is C10H21NO. The summed E-state index contributed by atoms with van der Waals surface area (Å²) in [6.07, 6.45) is 3.43. The zero-order valence-corrected chi connectivity index (χ0v) is 8.71. The van der Waals surface area contributed by atoms with Crippen LogP contribution in [0.5, 0.6) is 0 Å². The van der Waals surface area contributed by atoms with Gasteiger partial charge in [0.2, 0.25) is 0 Å². The van der Waals surface area contributed by atoms with Gasteiger partial charge in [-0.2, -0.15) is 0 Å². The Morgan fingerprint density at radius 1 is 1.42 bits per heavy atom. The zero-order valence-electron chi connectivity index (χ0n) is 8.71. The molecule has 1 aliphatic rings. The molecular weight excluding hydrogens is 150 g/mol. The third-order valence-electron chi connectivity index (χ3n) is 2.69. The molecule has 2 nitrogen and oxygen atoms in total. The average molecular weight is 171 g/mol. The number of hydrogen-bond acceptors (Lipinski definition) is 2. The molecule has 1 rings (SSSR count). The van der Waals surface area contributed by atoms with Crippen LogP contribution >= 0.6 is 0 Å². The largest absolute Gasteiger partial charge is 0.374 e. The van der Waals surface area contributed by atoms with Crippen LogP contribution in [0.3, 0.4) is 0 Å². The molecule has 0 amide bonds. The Morgan fingerprint density at radius 3 is 2.50 bits per heavy atom. The van der Waals surface area contributed by atoms with Gasteiger partial charge in [0.1, 0.15) is 0 Å². The van der Waals surface area contributed by atoms with E-state index in [1.807, 2.05) is 0 Å². The molecule has 0 saturated carbocycles. The highest BCUT2D eigenvalue weighted by Crippen LogP contribution is 2.19. The first kappa shape index (κ1) is 10.0. The van der Waals surface area contributed by atoms with Gasteiger partial charge in [0, 0.05) is 12.6 Å². The van der Waals surface area contributed by atoms with Gasteiger partial charge in [0.05, 0.1) is 12.2 Å². The first-order valence-corrected chi connectivity index (χ1v) is 4.95. The van der Waals surface area contributed by atoms with E-state index in [-0.39, 0.29) is 0 Å². The number of likely N-dealkylation sites (N-methyl/N-ethyl adjacent to an activating group) is 1. The Bertz CT molecular complexity index is 136. The molecule has 2 heteroatoms. The molecule has 0 spiro atoms. The van der Waals surface area contributed by atoms with Gasteiger partial charge in [-0.15, -0.1) is 0 Å². The average Bonchev–Trinajstić information content (AvgIpc) is 2.35.